The maximum Gasteiger partial charge on any atom is 0.374 e. The summed E-state index contributed by atoms with van der Waals surface area (Å²) in [6.45, 7) is 0. The van der Waals surface area contributed by atoms with Gasteiger partial charge < -0.3 is 19.1 Å². The van der Waals surface area contributed by atoms with Gasteiger partial charge in [0.05, 0.1) is 19.8 Å². The fraction of sp³-hybridized carbons (Fsp3) is 0.231. The summed E-state index contributed by atoms with van der Waals surface area (Å²) < 4.78 is 40.7. The minimum absolute atomic E-state index is 0.0850. The molecule has 0 bridgehead atoms. The zero-order valence-corrected chi connectivity index (χ0v) is 11.1. The van der Waals surface area contributed by atoms with E-state index in [0.717, 1.165) is 12.1 Å². The molecule has 1 aromatic carbocycles. The lowest BCUT2D eigenvalue weighted by molar-refractivity contribution is 0.0652. The number of rotatable bonds is 5. The third kappa shape index (κ3) is 2.78. The molecule has 0 spiro atoms. The van der Waals surface area contributed by atoms with E-state index in [1.54, 1.807) is 0 Å². The second-order valence-corrected chi connectivity index (χ2v) is 3.98. The molecule has 0 aliphatic heterocycles. The highest BCUT2D eigenvalue weighted by atomic mass is 19.3. The van der Waals surface area contributed by atoms with Crippen molar-refractivity contribution in [2.75, 3.05) is 14.2 Å². The van der Waals surface area contributed by atoms with Crippen molar-refractivity contribution in [1.82, 2.24) is 5.16 Å². The fourth-order valence-electron chi connectivity index (χ4n) is 1.82. The van der Waals surface area contributed by atoms with Gasteiger partial charge in [-0.05, 0) is 12.1 Å². The minimum Gasteiger partial charge on any atom is -0.493 e. The number of hydrogen-bond donors (Lipinski definition) is 1. The number of hydrogen-bond acceptors (Lipinski definition) is 5. The summed E-state index contributed by atoms with van der Waals surface area (Å²) >= 11 is 0. The molecular formula is C13H11F2NO5. The molecule has 2 aromatic rings. The van der Waals surface area contributed by atoms with Crippen LogP contribution in [0.2, 0.25) is 0 Å². The van der Waals surface area contributed by atoms with Crippen molar-refractivity contribution < 1.29 is 32.7 Å². The molecule has 0 aliphatic carbocycles. The Kier molecular flexibility index (Phi) is 4.06. The Labute approximate surface area is 117 Å². The Morgan fingerprint density at radius 2 is 2.00 bits per heavy atom. The van der Waals surface area contributed by atoms with Crippen molar-refractivity contribution in [3.05, 3.63) is 29.5 Å². The van der Waals surface area contributed by atoms with Crippen molar-refractivity contribution in [3.8, 4) is 22.8 Å². The van der Waals surface area contributed by atoms with Crippen molar-refractivity contribution in [2.45, 2.75) is 6.43 Å². The van der Waals surface area contributed by atoms with Gasteiger partial charge >= 0.3 is 5.97 Å². The van der Waals surface area contributed by atoms with Crippen LogP contribution in [0.25, 0.3) is 11.3 Å². The third-order valence-corrected chi connectivity index (χ3v) is 2.76. The highest BCUT2D eigenvalue weighted by Crippen LogP contribution is 2.40. The summed E-state index contributed by atoms with van der Waals surface area (Å²) in [4.78, 5) is 10.7. The molecule has 0 saturated carbocycles. The van der Waals surface area contributed by atoms with E-state index in [2.05, 4.69) is 9.68 Å². The zero-order valence-electron chi connectivity index (χ0n) is 11.1. The topological polar surface area (TPSA) is 81.8 Å². The van der Waals surface area contributed by atoms with E-state index < -0.39 is 18.2 Å². The third-order valence-electron chi connectivity index (χ3n) is 2.76. The number of aromatic nitrogens is 1. The van der Waals surface area contributed by atoms with Crippen molar-refractivity contribution in [3.63, 3.8) is 0 Å². The number of carboxylic acids is 1. The predicted molar refractivity (Wildman–Crippen MR) is 67.0 cm³/mol. The lowest BCUT2D eigenvalue weighted by Crippen LogP contribution is -1.98. The van der Waals surface area contributed by atoms with Gasteiger partial charge in [0.1, 0.15) is 5.69 Å². The molecule has 1 N–H and O–H groups in total. The van der Waals surface area contributed by atoms with Crippen LogP contribution in [0.4, 0.5) is 8.78 Å². The normalized spacial score (nSPS) is 10.7. The minimum atomic E-state index is -2.79. The van der Waals surface area contributed by atoms with Crippen LogP contribution in [0, 0.1) is 0 Å². The Hall–Kier alpha value is -2.64. The number of benzene rings is 1. The summed E-state index contributed by atoms with van der Waals surface area (Å²) in [5.74, 6) is -1.69. The monoisotopic (exact) mass is 299 g/mol. The van der Waals surface area contributed by atoms with Crippen LogP contribution < -0.4 is 9.47 Å². The first-order valence-electron chi connectivity index (χ1n) is 5.72. The number of nitrogens with zero attached hydrogens (tertiary/aromatic N) is 1. The lowest BCUT2D eigenvalue weighted by Gasteiger charge is -2.13. The van der Waals surface area contributed by atoms with Gasteiger partial charge in [0.25, 0.3) is 6.43 Å². The number of carboxylic acid groups (broad SMARTS) is 1. The molecule has 6 nitrogen and oxygen atoms in total. The second kappa shape index (κ2) is 5.78. The van der Waals surface area contributed by atoms with E-state index in [0.29, 0.717) is 0 Å². The number of methoxy groups -OCH3 is 2. The number of aromatic carboxylic acids is 1. The van der Waals surface area contributed by atoms with Crippen LogP contribution in [0.5, 0.6) is 11.5 Å². The molecule has 1 aromatic heterocycles. The molecular weight excluding hydrogens is 288 g/mol. The largest absolute Gasteiger partial charge is 0.493 e. The number of ether oxygens (including phenoxy) is 2. The van der Waals surface area contributed by atoms with E-state index in [1.165, 1.54) is 20.3 Å². The SMILES string of the molecule is COc1cc(-c2cc(C(=O)O)on2)cc(C(F)F)c1OC. The molecule has 0 atom stereocenters. The summed E-state index contributed by atoms with van der Waals surface area (Å²) in [7, 11) is 2.56. The van der Waals surface area contributed by atoms with E-state index in [1.807, 2.05) is 0 Å². The average Bonchev–Trinajstić information content (AvgIpc) is 2.95. The smallest absolute Gasteiger partial charge is 0.374 e. The quantitative estimate of drug-likeness (QED) is 0.914. The van der Waals surface area contributed by atoms with E-state index in [9.17, 15) is 13.6 Å². The predicted octanol–water partition coefficient (Wildman–Crippen LogP) is 2.99. The first kappa shape index (κ1) is 14.8. The van der Waals surface area contributed by atoms with Gasteiger partial charge in [0, 0.05) is 11.6 Å². The Balaban J connectivity index is 2.58. The zero-order chi connectivity index (χ0) is 15.6. The van der Waals surface area contributed by atoms with Gasteiger partial charge in [0.15, 0.2) is 11.5 Å². The summed E-state index contributed by atoms with van der Waals surface area (Å²) in [6, 6.07) is 3.70. The maximum atomic E-state index is 13.1. The molecule has 112 valence electrons. The van der Waals surface area contributed by atoms with Gasteiger partial charge in [-0.2, -0.15) is 0 Å². The molecule has 0 aliphatic rings. The number of halogens is 2. The molecule has 0 fully saturated rings. The van der Waals surface area contributed by atoms with Crippen LogP contribution >= 0.6 is 0 Å². The van der Waals surface area contributed by atoms with E-state index in [4.69, 9.17) is 14.6 Å². The molecule has 2 rings (SSSR count). The molecule has 0 unspecified atom stereocenters. The number of carbonyl (C=O) groups is 1. The molecule has 21 heavy (non-hydrogen) atoms. The van der Waals surface area contributed by atoms with E-state index in [-0.39, 0.29) is 28.3 Å². The summed E-state index contributed by atoms with van der Waals surface area (Å²) in [5, 5.41) is 12.3. The molecule has 0 saturated heterocycles. The molecule has 1 heterocycles. The standard InChI is InChI=1S/C13H11F2NO5/c1-19-9-4-6(3-7(12(14)15)11(9)20-2)8-5-10(13(17)18)21-16-8/h3-5,12H,1-2H3,(H,17,18). The van der Waals surface area contributed by atoms with Gasteiger partial charge in [-0.25, -0.2) is 13.6 Å². The molecule has 0 radical (unpaired) electrons. The van der Waals surface area contributed by atoms with Crippen LogP contribution in [0.15, 0.2) is 22.7 Å². The average molecular weight is 299 g/mol. The van der Waals surface area contributed by atoms with Crippen LogP contribution in [0.1, 0.15) is 22.5 Å². The van der Waals surface area contributed by atoms with Crippen LogP contribution in [-0.4, -0.2) is 30.5 Å². The first-order valence-corrected chi connectivity index (χ1v) is 5.72. The van der Waals surface area contributed by atoms with Gasteiger partial charge in [-0.15, -0.1) is 0 Å². The van der Waals surface area contributed by atoms with Crippen molar-refractivity contribution in [2.24, 2.45) is 0 Å². The van der Waals surface area contributed by atoms with Gasteiger partial charge in [-0.1, -0.05) is 5.16 Å². The Morgan fingerprint density at radius 3 is 2.48 bits per heavy atom. The fourth-order valence-corrected chi connectivity index (χ4v) is 1.82. The molecule has 8 heteroatoms. The summed E-state index contributed by atoms with van der Waals surface area (Å²) in [6.07, 6.45) is -2.79. The highest BCUT2D eigenvalue weighted by Gasteiger charge is 2.22. The first-order chi connectivity index (χ1) is 9.97. The van der Waals surface area contributed by atoms with Crippen LogP contribution in [0.3, 0.4) is 0 Å². The van der Waals surface area contributed by atoms with Gasteiger partial charge in [-0.3, -0.25) is 0 Å². The highest BCUT2D eigenvalue weighted by molar-refractivity contribution is 5.85. The number of alkyl halides is 2. The Morgan fingerprint density at radius 1 is 1.29 bits per heavy atom. The van der Waals surface area contributed by atoms with Crippen molar-refractivity contribution >= 4 is 5.97 Å². The van der Waals surface area contributed by atoms with Crippen LogP contribution in [-0.2, 0) is 0 Å². The lowest BCUT2D eigenvalue weighted by atomic mass is 10.1. The molecule has 0 amide bonds. The van der Waals surface area contributed by atoms with Gasteiger partial charge in [0.2, 0.25) is 5.76 Å². The summed E-state index contributed by atoms with van der Waals surface area (Å²) in [5.41, 5.74) is -0.0406. The maximum absolute atomic E-state index is 13.1. The van der Waals surface area contributed by atoms with E-state index >= 15 is 0 Å². The Bertz CT molecular complexity index is 669. The van der Waals surface area contributed by atoms with Crippen molar-refractivity contribution in [1.29, 1.82) is 0 Å². The second-order valence-electron chi connectivity index (χ2n) is 3.98.